The molecular formula is C68H38N2O4. The van der Waals surface area contributed by atoms with Crippen LogP contribution in [0.5, 0.6) is 0 Å². The fraction of sp³-hybridized carbons (Fsp3) is 0. The molecule has 0 N–H and O–H groups in total. The Labute approximate surface area is 421 Å². The second-order valence-electron chi connectivity index (χ2n) is 19.5. The SMILES string of the molecule is c1ccc2c(c1)oc1c(N(c3ccc4cc5c(cc4c3)-c3cc4cc(N(c6cccc7c6oc6ccccc67)c6cccc7c6oc6ccccc67)ccc4cc3-5)c3cccc4c3oc3ccccc34)cccc12. The lowest BCUT2D eigenvalue weighted by molar-refractivity contribution is 0.665. The molecule has 12 aromatic carbocycles. The van der Waals surface area contributed by atoms with Crippen molar-refractivity contribution < 1.29 is 17.7 Å². The summed E-state index contributed by atoms with van der Waals surface area (Å²) in [6.45, 7) is 0. The molecule has 4 heterocycles. The van der Waals surface area contributed by atoms with Crippen molar-refractivity contribution in [2.45, 2.75) is 0 Å². The zero-order valence-electron chi connectivity index (χ0n) is 39.5. The second kappa shape index (κ2) is 14.8. The Kier molecular flexibility index (Phi) is 7.91. The van der Waals surface area contributed by atoms with E-state index in [9.17, 15) is 0 Å². The number of furan rings is 4. The minimum Gasteiger partial charge on any atom is -0.454 e. The van der Waals surface area contributed by atoms with E-state index >= 15 is 0 Å². The number of hydrogen-bond acceptors (Lipinski definition) is 6. The van der Waals surface area contributed by atoms with Crippen LogP contribution in [0.4, 0.5) is 34.1 Å². The van der Waals surface area contributed by atoms with Gasteiger partial charge >= 0.3 is 0 Å². The summed E-state index contributed by atoms with van der Waals surface area (Å²) in [5.74, 6) is 0. The van der Waals surface area contributed by atoms with Crippen LogP contribution in [-0.2, 0) is 0 Å². The molecule has 0 bridgehead atoms. The minimum atomic E-state index is 0.821. The van der Waals surface area contributed by atoms with Gasteiger partial charge in [0.15, 0.2) is 22.3 Å². The number of fused-ring (bicyclic) bond motifs is 18. The largest absolute Gasteiger partial charge is 0.454 e. The molecule has 0 aliphatic heterocycles. The summed E-state index contributed by atoms with van der Waals surface area (Å²) in [4.78, 5) is 4.61. The van der Waals surface area contributed by atoms with Crippen LogP contribution in [0.1, 0.15) is 0 Å². The topological polar surface area (TPSA) is 59.0 Å². The van der Waals surface area contributed by atoms with Crippen molar-refractivity contribution in [3.63, 3.8) is 0 Å². The Bertz CT molecular complexity index is 4520. The van der Waals surface area contributed by atoms with Crippen molar-refractivity contribution in [3.05, 3.63) is 231 Å². The van der Waals surface area contributed by atoms with Crippen LogP contribution in [0.2, 0.25) is 0 Å². The van der Waals surface area contributed by atoms with Crippen molar-refractivity contribution in [1.82, 2.24) is 0 Å². The molecular weight excluding hydrogens is 909 g/mol. The molecule has 1 aliphatic carbocycles. The fourth-order valence-electron chi connectivity index (χ4n) is 12.1. The summed E-state index contributed by atoms with van der Waals surface area (Å²) in [5.41, 5.74) is 17.4. The van der Waals surface area contributed by atoms with Gasteiger partial charge in [-0.25, -0.2) is 0 Å². The molecule has 16 aromatic rings. The van der Waals surface area contributed by atoms with Crippen LogP contribution in [0.25, 0.3) is 132 Å². The van der Waals surface area contributed by atoms with Gasteiger partial charge in [0, 0.05) is 54.5 Å². The number of benzene rings is 12. The molecule has 0 saturated heterocycles. The van der Waals surface area contributed by atoms with Gasteiger partial charge in [-0.05, 0) is 141 Å². The zero-order valence-corrected chi connectivity index (χ0v) is 39.5. The summed E-state index contributed by atoms with van der Waals surface area (Å²) in [6.07, 6.45) is 0. The molecule has 344 valence electrons. The smallest absolute Gasteiger partial charge is 0.159 e. The number of anilines is 6. The first-order chi connectivity index (χ1) is 36.7. The first-order valence-electron chi connectivity index (χ1n) is 25.0. The van der Waals surface area contributed by atoms with Crippen LogP contribution >= 0.6 is 0 Å². The Balaban J connectivity index is 0.829. The zero-order chi connectivity index (χ0) is 48.2. The Hall–Kier alpha value is -10.0. The monoisotopic (exact) mass is 946 g/mol. The van der Waals surface area contributed by atoms with E-state index in [2.05, 4.69) is 192 Å². The summed E-state index contributed by atoms with van der Waals surface area (Å²) < 4.78 is 26.9. The first-order valence-corrected chi connectivity index (χ1v) is 25.0. The molecule has 6 heteroatoms. The normalized spacial score (nSPS) is 12.3. The lowest BCUT2D eigenvalue weighted by Gasteiger charge is -2.28. The lowest BCUT2D eigenvalue weighted by Crippen LogP contribution is -2.11. The Morgan fingerprint density at radius 1 is 0.216 bits per heavy atom. The summed E-state index contributed by atoms with van der Waals surface area (Å²) in [5, 5.41) is 13.2. The molecule has 0 saturated carbocycles. The molecule has 6 nitrogen and oxygen atoms in total. The number of rotatable bonds is 6. The van der Waals surface area contributed by atoms with Gasteiger partial charge in [0.2, 0.25) is 0 Å². The molecule has 4 aromatic heterocycles. The van der Waals surface area contributed by atoms with Crippen molar-refractivity contribution in [1.29, 1.82) is 0 Å². The highest BCUT2D eigenvalue weighted by Gasteiger charge is 2.28. The summed E-state index contributed by atoms with van der Waals surface area (Å²) >= 11 is 0. The second-order valence-corrected chi connectivity index (χ2v) is 19.5. The predicted octanol–water partition coefficient (Wildman–Crippen LogP) is 20.2. The van der Waals surface area contributed by atoms with Gasteiger partial charge in [-0.3, -0.25) is 0 Å². The van der Waals surface area contributed by atoms with Crippen LogP contribution in [0.3, 0.4) is 0 Å². The molecule has 0 fully saturated rings. The van der Waals surface area contributed by atoms with Crippen molar-refractivity contribution >= 4 is 143 Å². The van der Waals surface area contributed by atoms with E-state index in [-0.39, 0.29) is 0 Å². The lowest BCUT2D eigenvalue weighted by atomic mass is 9.78. The molecule has 17 rings (SSSR count). The fourth-order valence-corrected chi connectivity index (χ4v) is 12.1. The molecule has 74 heavy (non-hydrogen) atoms. The summed E-state index contributed by atoms with van der Waals surface area (Å²) in [7, 11) is 0. The molecule has 0 radical (unpaired) electrons. The van der Waals surface area contributed by atoms with Crippen LogP contribution in [0, 0.1) is 0 Å². The van der Waals surface area contributed by atoms with E-state index in [0.717, 1.165) is 133 Å². The molecule has 0 unspecified atom stereocenters. The average molecular weight is 947 g/mol. The first kappa shape index (κ1) is 39.7. The molecule has 0 amide bonds. The van der Waals surface area contributed by atoms with Crippen LogP contribution in [0.15, 0.2) is 248 Å². The molecule has 0 atom stereocenters. The third-order valence-electron chi connectivity index (χ3n) is 15.5. The number of hydrogen-bond donors (Lipinski definition) is 0. The van der Waals surface area contributed by atoms with Crippen molar-refractivity contribution in [2.24, 2.45) is 0 Å². The predicted molar refractivity (Wildman–Crippen MR) is 304 cm³/mol. The third kappa shape index (κ3) is 5.53. The van der Waals surface area contributed by atoms with Gasteiger partial charge < -0.3 is 27.5 Å². The van der Waals surface area contributed by atoms with Crippen molar-refractivity contribution in [2.75, 3.05) is 9.80 Å². The Morgan fingerprint density at radius 3 is 0.797 bits per heavy atom. The molecule has 0 spiro atoms. The highest BCUT2D eigenvalue weighted by Crippen LogP contribution is 2.53. The highest BCUT2D eigenvalue weighted by molar-refractivity contribution is 6.18. The highest BCUT2D eigenvalue weighted by atomic mass is 16.3. The van der Waals surface area contributed by atoms with E-state index in [1.165, 1.54) is 33.0 Å². The van der Waals surface area contributed by atoms with Gasteiger partial charge in [-0.15, -0.1) is 0 Å². The average Bonchev–Trinajstić information content (AvgIpc) is 4.24. The maximum atomic E-state index is 6.74. The summed E-state index contributed by atoms with van der Waals surface area (Å²) in [6, 6.07) is 81.8. The van der Waals surface area contributed by atoms with E-state index in [4.69, 9.17) is 17.7 Å². The van der Waals surface area contributed by atoms with E-state index in [0.29, 0.717) is 0 Å². The minimum absolute atomic E-state index is 0.821. The number of nitrogens with zero attached hydrogens (tertiary/aromatic N) is 2. The van der Waals surface area contributed by atoms with E-state index in [1.807, 2.05) is 48.5 Å². The molecule has 1 aliphatic rings. The maximum absolute atomic E-state index is 6.74. The number of para-hydroxylation sites is 8. The van der Waals surface area contributed by atoms with Crippen LogP contribution < -0.4 is 9.80 Å². The van der Waals surface area contributed by atoms with Gasteiger partial charge in [-0.2, -0.15) is 0 Å². The van der Waals surface area contributed by atoms with Gasteiger partial charge in [-0.1, -0.05) is 133 Å². The quantitative estimate of drug-likeness (QED) is 0.166. The standard InChI is InChI=1S/C68H38N2O4/c1-5-25-61-45(13-1)49-17-9-21-57(65(49)71-61)69(58-22-10-18-50-46-14-2-6-26-62(46)72-66(50)58)43-31-29-39-35-53-54-36-40-30-32-44(34-42(40)38-56(54)55(53)37-41(39)33-43)70(59-23-11-19-51-47-15-3-7-27-63(47)73-67(51)59)60-24-12-20-52-48-16-4-8-28-64(48)74-68(52)60/h1-38H. The maximum Gasteiger partial charge on any atom is 0.159 e. The van der Waals surface area contributed by atoms with Crippen molar-refractivity contribution in [3.8, 4) is 22.3 Å². The van der Waals surface area contributed by atoms with Crippen LogP contribution in [-0.4, -0.2) is 0 Å². The van der Waals surface area contributed by atoms with Gasteiger partial charge in [0.25, 0.3) is 0 Å². The van der Waals surface area contributed by atoms with E-state index < -0.39 is 0 Å². The Morgan fingerprint density at radius 2 is 0.486 bits per heavy atom. The third-order valence-corrected chi connectivity index (χ3v) is 15.5. The van der Waals surface area contributed by atoms with E-state index in [1.54, 1.807) is 0 Å². The van der Waals surface area contributed by atoms with Gasteiger partial charge in [0.1, 0.15) is 22.3 Å². The van der Waals surface area contributed by atoms with Gasteiger partial charge in [0.05, 0.1) is 22.7 Å².